The zero-order valence-corrected chi connectivity index (χ0v) is 13.3. The van der Waals surface area contributed by atoms with E-state index < -0.39 is 15.8 Å². The topological polar surface area (TPSA) is 75.4 Å². The van der Waals surface area contributed by atoms with Crippen LogP contribution in [0.15, 0.2) is 17.0 Å². The molecule has 0 aromatic heterocycles. The number of benzene rings is 1. The Kier molecular flexibility index (Phi) is 5.21. The number of hydrogen-bond donors (Lipinski definition) is 2. The van der Waals surface area contributed by atoms with Crippen molar-refractivity contribution >= 4 is 21.6 Å². The minimum Gasteiger partial charge on any atom is -0.326 e. The van der Waals surface area contributed by atoms with Crippen molar-refractivity contribution in [2.24, 2.45) is 11.7 Å². The molecular formula is C13H19ClFN3O2S. The highest BCUT2D eigenvalue weighted by Crippen LogP contribution is 2.24. The number of nitrogens with two attached hydrogens (primary N) is 1. The third-order valence-electron chi connectivity index (χ3n) is 3.66. The molecule has 1 aromatic carbocycles. The van der Waals surface area contributed by atoms with Crippen LogP contribution in [0.3, 0.4) is 0 Å². The zero-order valence-electron chi connectivity index (χ0n) is 11.8. The summed E-state index contributed by atoms with van der Waals surface area (Å²) in [7, 11) is -1.76. The Labute approximate surface area is 129 Å². The van der Waals surface area contributed by atoms with Crippen LogP contribution in [0, 0.1) is 11.7 Å². The number of nitrogens with zero attached hydrogens (tertiary/aromatic N) is 1. The third kappa shape index (κ3) is 3.92. The number of nitrogens with one attached hydrogen (secondary N) is 1. The first-order chi connectivity index (χ1) is 9.83. The second-order valence-corrected chi connectivity index (χ2v) is 7.50. The molecule has 1 aliphatic rings. The van der Waals surface area contributed by atoms with E-state index in [1.165, 1.54) is 6.07 Å². The maximum absolute atomic E-state index is 13.7. The highest BCUT2D eigenvalue weighted by molar-refractivity contribution is 7.89. The van der Waals surface area contributed by atoms with Crippen molar-refractivity contribution in [1.29, 1.82) is 0 Å². The smallest absolute Gasteiger partial charge is 0.240 e. The number of likely N-dealkylation sites (tertiary alicyclic amines) is 1. The lowest BCUT2D eigenvalue weighted by Crippen LogP contribution is -2.30. The van der Waals surface area contributed by atoms with Crippen LogP contribution in [0.1, 0.15) is 12.0 Å². The second kappa shape index (κ2) is 6.58. The van der Waals surface area contributed by atoms with Gasteiger partial charge in [-0.1, -0.05) is 11.6 Å². The maximum atomic E-state index is 13.7. The predicted molar refractivity (Wildman–Crippen MR) is 80.1 cm³/mol. The average Bonchev–Trinajstić information content (AvgIpc) is 2.85. The molecule has 0 radical (unpaired) electrons. The SMILES string of the molecule is CN1CCC(CNS(=O)(=O)c2cc(F)c(Cl)c(CN)c2)C1. The molecule has 1 aromatic rings. The highest BCUT2D eigenvalue weighted by atomic mass is 35.5. The Morgan fingerprint density at radius 2 is 2.24 bits per heavy atom. The van der Waals surface area contributed by atoms with E-state index in [9.17, 15) is 12.8 Å². The normalized spacial score (nSPS) is 20.1. The summed E-state index contributed by atoms with van der Waals surface area (Å²) in [6.45, 7) is 2.13. The fourth-order valence-electron chi connectivity index (χ4n) is 2.43. The van der Waals surface area contributed by atoms with Crippen LogP contribution in [-0.2, 0) is 16.6 Å². The number of hydrogen-bond acceptors (Lipinski definition) is 4. The summed E-state index contributed by atoms with van der Waals surface area (Å²) >= 11 is 5.74. The van der Waals surface area contributed by atoms with Crippen LogP contribution >= 0.6 is 11.6 Å². The standard InChI is InChI=1S/C13H19ClFN3O2S/c1-18-3-2-9(8-18)7-17-21(19,20)11-4-10(6-16)13(14)12(15)5-11/h4-5,9,17H,2-3,6-8,16H2,1H3. The van der Waals surface area contributed by atoms with Gasteiger partial charge in [-0.05, 0) is 43.6 Å². The van der Waals surface area contributed by atoms with Crippen molar-refractivity contribution in [3.8, 4) is 0 Å². The van der Waals surface area contributed by atoms with Gasteiger partial charge in [0.15, 0.2) is 0 Å². The molecule has 21 heavy (non-hydrogen) atoms. The van der Waals surface area contributed by atoms with E-state index in [1.807, 2.05) is 7.05 Å². The van der Waals surface area contributed by atoms with E-state index in [0.717, 1.165) is 25.6 Å². The lowest BCUT2D eigenvalue weighted by Gasteiger charge is -2.13. The van der Waals surface area contributed by atoms with Crippen LogP contribution in [-0.4, -0.2) is 40.0 Å². The van der Waals surface area contributed by atoms with Crippen LogP contribution < -0.4 is 10.5 Å². The van der Waals surface area contributed by atoms with E-state index in [2.05, 4.69) is 9.62 Å². The molecule has 1 aliphatic heterocycles. The van der Waals surface area contributed by atoms with Gasteiger partial charge in [-0.25, -0.2) is 17.5 Å². The largest absolute Gasteiger partial charge is 0.326 e. The molecule has 0 saturated carbocycles. The molecule has 3 N–H and O–H groups in total. The van der Waals surface area contributed by atoms with Gasteiger partial charge in [0, 0.05) is 19.6 Å². The first-order valence-electron chi connectivity index (χ1n) is 6.69. The van der Waals surface area contributed by atoms with Gasteiger partial charge < -0.3 is 10.6 Å². The molecule has 1 atom stereocenters. The van der Waals surface area contributed by atoms with Gasteiger partial charge in [0.2, 0.25) is 10.0 Å². The van der Waals surface area contributed by atoms with Gasteiger partial charge in [0.1, 0.15) is 5.82 Å². The molecule has 5 nitrogen and oxygen atoms in total. The van der Waals surface area contributed by atoms with E-state index in [-0.39, 0.29) is 27.9 Å². The van der Waals surface area contributed by atoms with E-state index in [4.69, 9.17) is 17.3 Å². The molecule has 0 spiro atoms. The van der Waals surface area contributed by atoms with Crippen molar-refractivity contribution in [3.63, 3.8) is 0 Å². The Morgan fingerprint density at radius 1 is 1.52 bits per heavy atom. The first kappa shape index (κ1) is 16.6. The van der Waals surface area contributed by atoms with Gasteiger partial charge in [-0.2, -0.15) is 0 Å². The monoisotopic (exact) mass is 335 g/mol. The van der Waals surface area contributed by atoms with Gasteiger partial charge in [-0.15, -0.1) is 0 Å². The third-order valence-corrected chi connectivity index (χ3v) is 5.48. The molecule has 118 valence electrons. The number of halogens is 2. The van der Waals surface area contributed by atoms with Crippen LogP contribution in [0.2, 0.25) is 5.02 Å². The lowest BCUT2D eigenvalue weighted by molar-refractivity contribution is 0.394. The van der Waals surface area contributed by atoms with Crippen molar-refractivity contribution < 1.29 is 12.8 Å². The van der Waals surface area contributed by atoms with Crippen LogP contribution in [0.4, 0.5) is 4.39 Å². The van der Waals surface area contributed by atoms with Crippen molar-refractivity contribution in [1.82, 2.24) is 9.62 Å². The Morgan fingerprint density at radius 3 is 2.81 bits per heavy atom. The Bertz CT molecular complexity index is 624. The van der Waals surface area contributed by atoms with Gasteiger partial charge in [0.25, 0.3) is 0 Å². The number of sulfonamides is 1. The average molecular weight is 336 g/mol. The van der Waals surface area contributed by atoms with Gasteiger partial charge in [-0.3, -0.25) is 0 Å². The molecule has 1 fully saturated rings. The summed E-state index contributed by atoms with van der Waals surface area (Å²) < 4.78 is 40.6. The summed E-state index contributed by atoms with van der Waals surface area (Å²) in [5.41, 5.74) is 5.72. The fraction of sp³-hybridized carbons (Fsp3) is 0.538. The molecule has 0 aliphatic carbocycles. The molecule has 1 saturated heterocycles. The summed E-state index contributed by atoms with van der Waals surface area (Å²) in [4.78, 5) is 2.00. The molecule has 0 bridgehead atoms. The Balaban J connectivity index is 2.14. The van der Waals surface area contributed by atoms with Gasteiger partial charge in [0.05, 0.1) is 9.92 Å². The molecule has 8 heteroatoms. The van der Waals surface area contributed by atoms with Crippen LogP contribution in [0.25, 0.3) is 0 Å². The first-order valence-corrected chi connectivity index (χ1v) is 8.56. The molecular weight excluding hydrogens is 317 g/mol. The van der Waals surface area contributed by atoms with Gasteiger partial charge >= 0.3 is 0 Å². The molecule has 2 rings (SSSR count). The second-order valence-electron chi connectivity index (χ2n) is 5.35. The quantitative estimate of drug-likeness (QED) is 0.847. The van der Waals surface area contributed by atoms with E-state index >= 15 is 0 Å². The molecule has 1 unspecified atom stereocenters. The minimum atomic E-state index is -3.76. The lowest BCUT2D eigenvalue weighted by atomic mass is 10.1. The van der Waals surface area contributed by atoms with Crippen LogP contribution in [0.5, 0.6) is 0 Å². The van der Waals surface area contributed by atoms with E-state index in [0.29, 0.717) is 6.54 Å². The minimum absolute atomic E-state index is 0.0213. The van der Waals surface area contributed by atoms with E-state index in [1.54, 1.807) is 0 Å². The predicted octanol–water partition coefficient (Wildman–Crippen LogP) is 1.17. The van der Waals surface area contributed by atoms with Crippen molar-refractivity contribution in [2.45, 2.75) is 17.9 Å². The van der Waals surface area contributed by atoms with Crippen molar-refractivity contribution in [2.75, 3.05) is 26.7 Å². The highest BCUT2D eigenvalue weighted by Gasteiger charge is 2.23. The summed E-state index contributed by atoms with van der Waals surface area (Å²) in [6.07, 6.45) is 0.946. The Hall–Kier alpha value is -0.730. The summed E-state index contributed by atoms with van der Waals surface area (Å²) in [5, 5.41) is -0.131. The number of rotatable bonds is 5. The summed E-state index contributed by atoms with van der Waals surface area (Å²) in [6, 6.07) is 2.24. The fourth-order valence-corrected chi connectivity index (χ4v) is 3.79. The summed E-state index contributed by atoms with van der Waals surface area (Å²) in [5.74, 6) is -0.503. The zero-order chi connectivity index (χ0) is 15.6. The van der Waals surface area contributed by atoms with Crippen molar-refractivity contribution in [3.05, 3.63) is 28.5 Å². The molecule has 1 heterocycles. The maximum Gasteiger partial charge on any atom is 0.240 e. The molecule has 0 amide bonds.